The van der Waals surface area contributed by atoms with Crippen LogP contribution >= 0.6 is 22.6 Å². The molecule has 3 heteroatoms. The molecule has 1 fully saturated rings. The van der Waals surface area contributed by atoms with E-state index >= 15 is 0 Å². The lowest BCUT2D eigenvalue weighted by Gasteiger charge is -2.28. The lowest BCUT2D eigenvalue weighted by molar-refractivity contribution is 0.0438. The van der Waals surface area contributed by atoms with Crippen molar-refractivity contribution in [2.24, 2.45) is 0 Å². The topological polar surface area (TPSA) is 40.5 Å². The van der Waals surface area contributed by atoms with Gasteiger partial charge in [0.2, 0.25) is 0 Å². The van der Waals surface area contributed by atoms with Crippen LogP contribution in [0.15, 0.2) is 0 Å². The van der Waals surface area contributed by atoms with Crippen LogP contribution < -0.4 is 0 Å². The Hall–Kier alpha value is 0.650. The molecule has 9 heavy (non-hydrogen) atoms. The lowest BCUT2D eigenvalue weighted by Crippen LogP contribution is -2.29. The third kappa shape index (κ3) is 2.39. The van der Waals surface area contributed by atoms with E-state index in [2.05, 4.69) is 0 Å². The molecule has 1 rings (SSSR count). The van der Waals surface area contributed by atoms with Gasteiger partial charge in [-0.1, -0.05) is 0 Å². The van der Waals surface area contributed by atoms with E-state index in [0.717, 1.165) is 25.7 Å². The lowest BCUT2D eigenvalue weighted by atomic mass is 9.95. The van der Waals surface area contributed by atoms with E-state index in [1.807, 2.05) is 22.6 Å². The smallest absolute Gasteiger partial charge is 0.116 e. The average Bonchev–Trinajstić information content (AvgIpc) is 1.78. The fraction of sp³-hybridized carbons (Fsp3) is 1.00. The zero-order chi connectivity index (χ0) is 6.91. The minimum atomic E-state index is -0.531. The highest BCUT2D eigenvalue weighted by Gasteiger charge is 2.28. The van der Waals surface area contributed by atoms with E-state index in [0.29, 0.717) is 0 Å². The number of hydrogen-bond donors (Lipinski definition) is 2. The van der Waals surface area contributed by atoms with E-state index in [4.69, 9.17) is 5.11 Å². The quantitative estimate of drug-likeness (QED) is 0.492. The molecular formula is C6H11IO2. The summed E-state index contributed by atoms with van der Waals surface area (Å²) in [5.74, 6) is 0. The molecule has 2 N–H and O–H groups in total. The van der Waals surface area contributed by atoms with E-state index in [1.165, 1.54) is 0 Å². The number of alkyl halides is 1. The van der Waals surface area contributed by atoms with Crippen molar-refractivity contribution in [1.82, 2.24) is 0 Å². The summed E-state index contributed by atoms with van der Waals surface area (Å²) in [5, 5.41) is 18.4. The first-order chi connectivity index (χ1) is 4.10. The van der Waals surface area contributed by atoms with Gasteiger partial charge in [0.15, 0.2) is 0 Å². The maximum absolute atomic E-state index is 9.37. The fourth-order valence-corrected chi connectivity index (χ4v) is 1.67. The Balaban J connectivity index is 2.35. The zero-order valence-corrected chi connectivity index (χ0v) is 7.34. The summed E-state index contributed by atoms with van der Waals surface area (Å²) in [6, 6.07) is 0. The molecule has 0 amide bonds. The SMILES string of the molecule is OC1CCC(O)(I)CC1. The number of aliphatic hydroxyl groups is 2. The van der Waals surface area contributed by atoms with Gasteiger partial charge in [0.25, 0.3) is 0 Å². The Morgan fingerprint density at radius 2 is 1.78 bits per heavy atom. The molecular weight excluding hydrogens is 231 g/mol. The summed E-state index contributed by atoms with van der Waals surface area (Å²) >= 11 is 2.05. The Bertz CT molecular complexity index is 93.2. The van der Waals surface area contributed by atoms with Crippen molar-refractivity contribution in [1.29, 1.82) is 0 Å². The maximum atomic E-state index is 9.37. The summed E-state index contributed by atoms with van der Waals surface area (Å²) in [5.41, 5.74) is 0. The first kappa shape index (κ1) is 7.75. The van der Waals surface area contributed by atoms with Crippen molar-refractivity contribution >= 4 is 22.6 Å². The molecule has 0 aromatic rings. The third-order valence-corrected chi connectivity index (χ3v) is 2.80. The molecule has 0 bridgehead atoms. The van der Waals surface area contributed by atoms with Gasteiger partial charge in [-0.2, -0.15) is 0 Å². The molecule has 0 unspecified atom stereocenters. The van der Waals surface area contributed by atoms with E-state index < -0.39 is 3.61 Å². The van der Waals surface area contributed by atoms with Crippen molar-refractivity contribution in [3.05, 3.63) is 0 Å². The molecule has 2 nitrogen and oxygen atoms in total. The second kappa shape index (κ2) is 2.72. The second-order valence-electron chi connectivity index (χ2n) is 2.65. The first-order valence-electron chi connectivity index (χ1n) is 3.19. The predicted octanol–water partition coefficient (Wildman–Crippen LogP) is 1.04. The highest BCUT2D eigenvalue weighted by atomic mass is 127. The molecule has 0 aromatic heterocycles. The molecule has 0 aliphatic heterocycles. The van der Waals surface area contributed by atoms with Crippen molar-refractivity contribution in [2.75, 3.05) is 0 Å². The zero-order valence-electron chi connectivity index (χ0n) is 5.18. The largest absolute Gasteiger partial charge is 0.393 e. The van der Waals surface area contributed by atoms with Crippen LogP contribution in [0.5, 0.6) is 0 Å². The number of halogens is 1. The fourth-order valence-electron chi connectivity index (χ4n) is 1.04. The Morgan fingerprint density at radius 1 is 1.33 bits per heavy atom. The maximum Gasteiger partial charge on any atom is 0.116 e. The molecule has 54 valence electrons. The summed E-state index contributed by atoms with van der Waals surface area (Å²) < 4.78 is -0.531. The monoisotopic (exact) mass is 242 g/mol. The minimum absolute atomic E-state index is 0.167. The van der Waals surface area contributed by atoms with Gasteiger partial charge in [-0.15, -0.1) is 0 Å². The van der Waals surface area contributed by atoms with Gasteiger partial charge < -0.3 is 10.2 Å². The van der Waals surface area contributed by atoms with Crippen LogP contribution in [0.3, 0.4) is 0 Å². The van der Waals surface area contributed by atoms with Gasteiger partial charge >= 0.3 is 0 Å². The summed E-state index contributed by atoms with van der Waals surface area (Å²) in [7, 11) is 0. The van der Waals surface area contributed by atoms with Crippen LogP contribution in [0.2, 0.25) is 0 Å². The van der Waals surface area contributed by atoms with Crippen LogP contribution in [0.25, 0.3) is 0 Å². The van der Waals surface area contributed by atoms with Crippen LogP contribution in [-0.4, -0.2) is 19.9 Å². The van der Waals surface area contributed by atoms with Crippen molar-refractivity contribution in [3.63, 3.8) is 0 Å². The van der Waals surface area contributed by atoms with Gasteiger partial charge in [-0.3, -0.25) is 0 Å². The second-order valence-corrected chi connectivity index (χ2v) is 4.66. The Morgan fingerprint density at radius 3 is 2.11 bits per heavy atom. The van der Waals surface area contributed by atoms with Gasteiger partial charge in [-0.25, -0.2) is 0 Å². The highest BCUT2D eigenvalue weighted by molar-refractivity contribution is 14.1. The minimum Gasteiger partial charge on any atom is -0.393 e. The van der Waals surface area contributed by atoms with Gasteiger partial charge in [0, 0.05) is 0 Å². The number of rotatable bonds is 0. The normalized spacial score (nSPS) is 45.0. The van der Waals surface area contributed by atoms with Crippen LogP contribution in [0.4, 0.5) is 0 Å². The molecule has 0 heterocycles. The average molecular weight is 242 g/mol. The van der Waals surface area contributed by atoms with E-state index in [-0.39, 0.29) is 6.10 Å². The molecule has 1 aliphatic carbocycles. The van der Waals surface area contributed by atoms with Gasteiger partial charge in [0.05, 0.1) is 6.10 Å². The predicted molar refractivity (Wildman–Crippen MR) is 43.4 cm³/mol. The summed E-state index contributed by atoms with van der Waals surface area (Å²) in [4.78, 5) is 0. The Kier molecular flexibility index (Phi) is 2.34. The molecule has 1 saturated carbocycles. The number of aliphatic hydroxyl groups excluding tert-OH is 1. The van der Waals surface area contributed by atoms with Crippen molar-refractivity contribution < 1.29 is 10.2 Å². The summed E-state index contributed by atoms with van der Waals surface area (Å²) in [6.07, 6.45) is 2.79. The van der Waals surface area contributed by atoms with Gasteiger partial charge in [0.1, 0.15) is 3.61 Å². The molecule has 0 aromatic carbocycles. The summed E-state index contributed by atoms with van der Waals surface area (Å²) in [6.45, 7) is 0. The first-order valence-corrected chi connectivity index (χ1v) is 4.27. The molecule has 0 spiro atoms. The van der Waals surface area contributed by atoms with Crippen LogP contribution in [-0.2, 0) is 0 Å². The van der Waals surface area contributed by atoms with Crippen LogP contribution in [0.1, 0.15) is 25.7 Å². The molecule has 1 aliphatic rings. The standard InChI is InChI=1S/C6H11IO2/c7-6(9)3-1-5(8)2-4-6/h5,8-9H,1-4H2. The Labute approximate surface area is 68.4 Å². The van der Waals surface area contributed by atoms with Crippen molar-refractivity contribution in [2.45, 2.75) is 35.4 Å². The number of hydrogen-bond acceptors (Lipinski definition) is 2. The van der Waals surface area contributed by atoms with Crippen LogP contribution in [0, 0.1) is 0 Å². The third-order valence-electron chi connectivity index (χ3n) is 1.72. The molecule has 0 radical (unpaired) electrons. The molecule has 0 saturated heterocycles. The van der Waals surface area contributed by atoms with Gasteiger partial charge in [-0.05, 0) is 48.3 Å². The van der Waals surface area contributed by atoms with E-state index in [9.17, 15) is 5.11 Å². The highest BCUT2D eigenvalue weighted by Crippen LogP contribution is 2.33. The van der Waals surface area contributed by atoms with Crippen molar-refractivity contribution in [3.8, 4) is 0 Å². The molecule has 0 atom stereocenters. The van der Waals surface area contributed by atoms with E-state index in [1.54, 1.807) is 0 Å².